The fourth-order valence-corrected chi connectivity index (χ4v) is 2.43. The van der Waals surface area contributed by atoms with Gasteiger partial charge in [-0.05, 0) is 48.0 Å². The molecule has 0 atom stereocenters. The van der Waals surface area contributed by atoms with Gasteiger partial charge in [-0.25, -0.2) is 4.79 Å². The van der Waals surface area contributed by atoms with Gasteiger partial charge in [0.1, 0.15) is 17.2 Å². The Balaban J connectivity index is 1.69. The van der Waals surface area contributed by atoms with Crippen LogP contribution in [0.3, 0.4) is 0 Å². The maximum absolute atomic E-state index is 11.9. The number of phenols is 2. The molecule has 0 aromatic heterocycles. The fourth-order valence-electron chi connectivity index (χ4n) is 2.43. The summed E-state index contributed by atoms with van der Waals surface area (Å²) in [5.41, 5.74) is 2.06. The molecule has 3 N–H and O–H groups in total. The molecule has 3 rings (SSSR count). The minimum atomic E-state index is -0.580. The van der Waals surface area contributed by atoms with E-state index in [0.717, 1.165) is 5.56 Å². The zero-order valence-electron chi connectivity index (χ0n) is 13.3. The van der Waals surface area contributed by atoms with E-state index in [9.17, 15) is 15.0 Å². The van der Waals surface area contributed by atoms with Gasteiger partial charge in [0.25, 0.3) is 0 Å². The summed E-state index contributed by atoms with van der Waals surface area (Å²) in [6.45, 7) is 0. The van der Waals surface area contributed by atoms with Gasteiger partial charge in [0.2, 0.25) is 0 Å². The molecule has 3 aromatic rings. The van der Waals surface area contributed by atoms with Crippen LogP contribution in [-0.4, -0.2) is 16.3 Å². The highest BCUT2D eigenvalue weighted by molar-refractivity contribution is 5.86. The van der Waals surface area contributed by atoms with Crippen molar-refractivity contribution in [3.63, 3.8) is 0 Å². The Morgan fingerprint density at radius 3 is 2.52 bits per heavy atom. The van der Waals surface area contributed by atoms with Crippen LogP contribution in [0.2, 0.25) is 0 Å². The summed E-state index contributed by atoms with van der Waals surface area (Å²) in [6, 6.07) is 20.4. The van der Waals surface area contributed by atoms with Crippen LogP contribution in [-0.2, 0) is 6.42 Å². The number of hydrogen-bond acceptors (Lipinski definition) is 4. The van der Waals surface area contributed by atoms with Crippen molar-refractivity contribution in [3.8, 4) is 17.2 Å². The monoisotopic (exact) mass is 335 g/mol. The van der Waals surface area contributed by atoms with Crippen LogP contribution in [0.4, 0.5) is 10.5 Å². The molecule has 5 heteroatoms. The molecule has 1 amide bonds. The molecule has 0 saturated carbocycles. The first-order valence-electron chi connectivity index (χ1n) is 7.74. The van der Waals surface area contributed by atoms with Gasteiger partial charge >= 0.3 is 6.09 Å². The summed E-state index contributed by atoms with van der Waals surface area (Å²) < 4.78 is 5.19. The van der Waals surface area contributed by atoms with Crippen LogP contribution in [0.25, 0.3) is 0 Å². The fraction of sp³-hybridized carbons (Fsp3) is 0.0500. The first-order valence-corrected chi connectivity index (χ1v) is 7.74. The molecule has 0 unspecified atom stereocenters. The molecule has 126 valence electrons. The summed E-state index contributed by atoms with van der Waals surface area (Å²) >= 11 is 0. The number of aromatic hydroxyl groups is 2. The Hall–Kier alpha value is -3.47. The van der Waals surface area contributed by atoms with Crippen molar-refractivity contribution in [2.45, 2.75) is 6.42 Å². The van der Waals surface area contributed by atoms with Gasteiger partial charge in [-0.2, -0.15) is 0 Å². The van der Waals surface area contributed by atoms with Crippen molar-refractivity contribution in [2.24, 2.45) is 0 Å². The van der Waals surface area contributed by atoms with E-state index in [-0.39, 0.29) is 11.5 Å². The Morgan fingerprint density at radius 1 is 0.920 bits per heavy atom. The number of nitrogens with one attached hydrogen (secondary N) is 1. The van der Waals surface area contributed by atoms with E-state index in [2.05, 4.69) is 5.32 Å². The van der Waals surface area contributed by atoms with Crippen LogP contribution in [0, 0.1) is 0 Å². The summed E-state index contributed by atoms with van der Waals surface area (Å²) in [7, 11) is 0. The molecule has 3 aromatic carbocycles. The van der Waals surface area contributed by atoms with Crippen molar-refractivity contribution in [1.82, 2.24) is 0 Å². The second kappa shape index (κ2) is 7.40. The lowest BCUT2D eigenvalue weighted by molar-refractivity contribution is 0.215. The highest BCUT2D eigenvalue weighted by Gasteiger charge is 2.07. The first kappa shape index (κ1) is 16.4. The molecule has 0 spiro atoms. The number of amides is 1. The summed E-state index contributed by atoms with van der Waals surface area (Å²) in [4.78, 5) is 11.9. The Bertz CT molecular complexity index is 878. The average molecular weight is 335 g/mol. The number of benzene rings is 3. The molecule has 0 heterocycles. The number of rotatable bonds is 4. The quantitative estimate of drug-likeness (QED) is 0.621. The number of phenolic OH excluding ortho intramolecular Hbond substituents is 2. The normalized spacial score (nSPS) is 10.2. The third-order valence-electron chi connectivity index (χ3n) is 3.58. The van der Waals surface area contributed by atoms with Gasteiger partial charge in [-0.15, -0.1) is 0 Å². The van der Waals surface area contributed by atoms with Crippen LogP contribution >= 0.6 is 0 Å². The molecule has 0 saturated heterocycles. The van der Waals surface area contributed by atoms with Gasteiger partial charge in [0.15, 0.2) is 0 Å². The van der Waals surface area contributed by atoms with Gasteiger partial charge in [-0.3, -0.25) is 5.32 Å². The zero-order chi connectivity index (χ0) is 17.6. The second-order valence-corrected chi connectivity index (χ2v) is 5.52. The Morgan fingerprint density at radius 2 is 1.72 bits per heavy atom. The summed E-state index contributed by atoms with van der Waals surface area (Å²) in [6.07, 6.45) is -0.160. The highest BCUT2D eigenvalue weighted by atomic mass is 16.6. The lowest BCUT2D eigenvalue weighted by Crippen LogP contribution is -2.16. The number of hydrogen-bond donors (Lipinski definition) is 3. The van der Waals surface area contributed by atoms with E-state index < -0.39 is 6.09 Å². The molecule has 0 aliphatic heterocycles. The molecule has 0 bridgehead atoms. The van der Waals surface area contributed by atoms with Crippen LogP contribution in [0.1, 0.15) is 11.1 Å². The van der Waals surface area contributed by atoms with Crippen LogP contribution < -0.4 is 10.1 Å². The van der Waals surface area contributed by atoms with E-state index in [1.807, 2.05) is 12.1 Å². The van der Waals surface area contributed by atoms with Crippen LogP contribution in [0.15, 0.2) is 72.8 Å². The van der Waals surface area contributed by atoms with Crippen molar-refractivity contribution in [3.05, 3.63) is 83.9 Å². The van der Waals surface area contributed by atoms with Crippen molar-refractivity contribution in [1.29, 1.82) is 0 Å². The first-order chi connectivity index (χ1) is 12.1. The lowest BCUT2D eigenvalue weighted by atomic mass is 10.0. The van der Waals surface area contributed by atoms with Crippen LogP contribution in [0.5, 0.6) is 17.2 Å². The molecule has 0 aliphatic carbocycles. The standard InChI is InChI=1S/C20H17NO4/c22-17-9-10-19(23)15(13-17)11-14-5-4-6-16(12-14)21-20(24)25-18-7-2-1-3-8-18/h1-10,12-13,22-23H,11H2,(H,21,24). The summed E-state index contributed by atoms with van der Waals surface area (Å²) in [5.74, 6) is 0.661. The SMILES string of the molecule is O=C(Nc1cccc(Cc2cc(O)ccc2O)c1)Oc1ccccc1. The van der Waals surface area contributed by atoms with Gasteiger partial charge in [-0.1, -0.05) is 30.3 Å². The average Bonchev–Trinajstić information content (AvgIpc) is 2.59. The minimum Gasteiger partial charge on any atom is -0.508 e. The Labute approximate surface area is 145 Å². The van der Waals surface area contributed by atoms with E-state index >= 15 is 0 Å². The number of ether oxygens (including phenoxy) is 1. The van der Waals surface area contributed by atoms with E-state index in [0.29, 0.717) is 23.4 Å². The molecule has 0 aliphatic rings. The molecule has 0 fully saturated rings. The van der Waals surface area contributed by atoms with Crippen molar-refractivity contribution >= 4 is 11.8 Å². The highest BCUT2D eigenvalue weighted by Crippen LogP contribution is 2.25. The molecule has 25 heavy (non-hydrogen) atoms. The molecule has 5 nitrogen and oxygen atoms in total. The molecular formula is C20H17NO4. The topological polar surface area (TPSA) is 78.8 Å². The molecule has 0 radical (unpaired) electrons. The largest absolute Gasteiger partial charge is 0.508 e. The number of carbonyl (C=O) groups is 1. The van der Waals surface area contributed by atoms with Gasteiger partial charge < -0.3 is 14.9 Å². The second-order valence-electron chi connectivity index (χ2n) is 5.52. The van der Waals surface area contributed by atoms with Crippen molar-refractivity contribution in [2.75, 3.05) is 5.32 Å². The van der Waals surface area contributed by atoms with E-state index in [1.165, 1.54) is 18.2 Å². The van der Waals surface area contributed by atoms with E-state index in [4.69, 9.17) is 4.74 Å². The number of anilines is 1. The zero-order valence-corrected chi connectivity index (χ0v) is 13.3. The predicted octanol–water partition coefficient (Wildman–Crippen LogP) is 4.30. The maximum atomic E-state index is 11.9. The third kappa shape index (κ3) is 4.51. The summed E-state index contributed by atoms with van der Waals surface area (Å²) in [5, 5.41) is 22.1. The third-order valence-corrected chi connectivity index (χ3v) is 3.58. The maximum Gasteiger partial charge on any atom is 0.417 e. The predicted molar refractivity (Wildman–Crippen MR) is 95.1 cm³/mol. The Kier molecular flexibility index (Phi) is 4.85. The van der Waals surface area contributed by atoms with E-state index in [1.54, 1.807) is 42.5 Å². The lowest BCUT2D eigenvalue weighted by Gasteiger charge is -2.09. The number of carbonyl (C=O) groups excluding carboxylic acids is 1. The van der Waals surface area contributed by atoms with Gasteiger partial charge in [0.05, 0.1) is 0 Å². The molecular weight excluding hydrogens is 318 g/mol. The minimum absolute atomic E-state index is 0.0912. The van der Waals surface area contributed by atoms with Gasteiger partial charge in [0, 0.05) is 17.7 Å². The smallest absolute Gasteiger partial charge is 0.417 e. The number of para-hydroxylation sites is 1. The van der Waals surface area contributed by atoms with Crippen molar-refractivity contribution < 1.29 is 19.7 Å².